The van der Waals surface area contributed by atoms with Crippen LogP contribution in [0, 0.1) is 11.2 Å². The molecule has 3 aliphatic rings. The Labute approximate surface area is 216 Å². The van der Waals surface area contributed by atoms with Gasteiger partial charge < -0.3 is 25.3 Å². The molecule has 2 aliphatic heterocycles. The molecule has 2 saturated heterocycles. The number of halogens is 4. The molecule has 6 rings (SSSR count). The van der Waals surface area contributed by atoms with Crippen molar-refractivity contribution < 1.29 is 27.1 Å². The van der Waals surface area contributed by atoms with Crippen molar-refractivity contribution in [1.82, 2.24) is 19.8 Å². The fraction of sp³-hybridized carbons (Fsp3) is 0.481. The molecular formula is C27H29F4N5O2. The van der Waals surface area contributed by atoms with Crippen molar-refractivity contribution in [3.8, 4) is 5.75 Å². The number of ether oxygens (including phenoxy) is 1. The van der Waals surface area contributed by atoms with Crippen molar-refractivity contribution in [3.05, 3.63) is 52.6 Å². The molecule has 202 valence electrons. The number of H-pyrrole nitrogens is 1. The average Bonchev–Trinajstić information content (AvgIpc) is 3.20. The number of carbonyl (C=O) groups excluding carboxylic acids is 1. The number of anilines is 1. The zero-order valence-corrected chi connectivity index (χ0v) is 21.0. The first-order valence-electron chi connectivity index (χ1n) is 12.8. The summed E-state index contributed by atoms with van der Waals surface area (Å²) in [7, 11) is 2.12. The second kappa shape index (κ2) is 8.86. The molecule has 1 aliphatic carbocycles. The molecule has 7 nitrogen and oxygen atoms in total. The predicted molar refractivity (Wildman–Crippen MR) is 133 cm³/mol. The van der Waals surface area contributed by atoms with Gasteiger partial charge in [0.2, 0.25) is 0 Å². The third-order valence-corrected chi connectivity index (χ3v) is 8.35. The van der Waals surface area contributed by atoms with Gasteiger partial charge >= 0.3 is 6.36 Å². The number of fused-ring (bicyclic) bond motifs is 3. The zero-order chi connectivity index (χ0) is 26.8. The Balaban J connectivity index is 1.21. The quantitative estimate of drug-likeness (QED) is 0.381. The van der Waals surface area contributed by atoms with Crippen molar-refractivity contribution in [2.24, 2.45) is 5.41 Å². The van der Waals surface area contributed by atoms with Crippen molar-refractivity contribution in [3.63, 3.8) is 0 Å². The number of piperidine rings is 1. The molecule has 1 aromatic carbocycles. The molecule has 38 heavy (non-hydrogen) atoms. The van der Waals surface area contributed by atoms with E-state index in [0.29, 0.717) is 31.5 Å². The highest BCUT2D eigenvalue weighted by Gasteiger charge is 2.44. The number of amides is 1. The number of aryl methyl sites for hydroxylation is 1. The van der Waals surface area contributed by atoms with E-state index >= 15 is 4.39 Å². The van der Waals surface area contributed by atoms with Gasteiger partial charge in [0.25, 0.3) is 5.91 Å². The number of nitrogens with zero attached hydrogens (tertiary/aromatic N) is 3. The summed E-state index contributed by atoms with van der Waals surface area (Å²) in [5.74, 6) is -1.24. The van der Waals surface area contributed by atoms with Crippen molar-refractivity contribution >= 4 is 22.6 Å². The highest BCUT2D eigenvalue weighted by atomic mass is 19.4. The smallest absolute Gasteiger partial charge is 0.406 e. The lowest BCUT2D eigenvalue weighted by molar-refractivity contribution is -0.274. The molecule has 0 radical (unpaired) electrons. The molecule has 0 unspecified atom stereocenters. The van der Waals surface area contributed by atoms with Crippen LogP contribution in [0.15, 0.2) is 24.4 Å². The van der Waals surface area contributed by atoms with Crippen LogP contribution in [0.2, 0.25) is 0 Å². The van der Waals surface area contributed by atoms with Gasteiger partial charge in [0.1, 0.15) is 17.2 Å². The Morgan fingerprint density at radius 1 is 1.24 bits per heavy atom. The molecule has 0 atom stereocenters. The molecule has 4 heterocycles. The number of hydrogen-bond acceptors (Lipinski definition) is 5. The number of pyridine rings is 1. The Kier molecular flexibility index (Phi) is 5.82. The van der Waals surface area contributed by atoms with Crippen LogP contribution in [0.3, 0.4) is 0 Å². The SMILES string of the molecule is CN1CC2(CCc3[nH]c4ncc(F)c(C5CCN(C(=O)c6ccc(OC(F)(F)F)cc6N)CC5)c4c3C2)C1. The number of aromatic nitrogens is 2. The van der Waals surface area contributed by atoms with Gasteiger partial charge in [0.05, 0.1) is 11.8 Å². The summed E-state index contributed by atoms with van der Waals surface area (Å²) >= 11 is 0. The molecule has 0 bridgehead atoms. The van der Waals surface area contributed by atoms with E-state index in [9.17, 15) is 18.0 Å². The van der Waals surface area contributed by atoms with Crippen LogP contribution in [0.4, 0.5) is 23.2 Å². The third kappa shape index (κ3) is 4.36. The number of likely N-dealkylation sites (tertiary alicyclic amines) is 2. The number of rotatable bonds is 3. The van der Waals surface area contributed by atoms with Crippen molar-refractivity contribution in [2.45, 2.75) is 44.4 Å². The molecule has 2 fully saturated rings. The van der Waals surface area contributed by atoms with Crippen LogP contribution in [0.5, 0.6) is 5.75 Å². The topological polar surface area (TPSA) is 87.5 Å². The highest BCUT2D eigenvalue weighted by Crippen LogP contribution is 2.46. The van der Waals surface area contributed by atoms with E-state index in [2.05, 4.69) is 26.7 Å². The maximum Gasteiger partial charge on any atom is 0.573 e. The van der Waals surface area contributed by atoms with Crippen LogP contribution in [0.1, 0.15) is 52.4 Å². The molecule has 1 amide bonds. The lowest BCUT2D eigenvalue weighted by Crippen LogP contribution is -2.56. The molecule has 2 aromatic heterocycles. The summed E-state index contributed by atoms with van der Waals surface area (Å²) in [6.07, 6.45) is 0.519. The number of carbonyl (C=O) groups is 1. The number of hydrogen-bond donors (Lipinski definition) is 2. The van der Waals surface area contributed by atoms with E-state index in [1.807, 2.05) is 0 Å². The van der Waals surface area contributed by atoms with Gasteiger partial charge in [0, 0.05) is 60.0 Å². The standard InChI is InChI=1S/C27H29F4N5O2/c1-35-13-26(14-35)7-4-21-18(11-26)23-22(19(28)12-33-24(23)34-21)15-5-8-36(9-6-15)25(37)17-3-2-16(10-20(17)32)38-27(29,30)31/h2-3,10,12,15H,4-9,11,13-14,32H2,1H3,(H,33,34). The molecule has 1 spiro atoms. The summed E-state index contributed by atoms with van der Waals surface area (Å²) in [5.41, 5.74) is 9.91. The second-order valence-electron chi connectivity index (χ2n) is 11.0. The van der Waals surface area contributed by atoms with Crippen LogP contribution in [-0.2, 0) is 12.8 Å². The second-order valence-corrected chi connectivity index (χ2v) is 11.0. The first-order valence-corrected chi connectivity index (χ1v) is 12.8. The van der Waals surface area contributed by atoms with E-state index in [-0.39, 0.29) is 34.3 Å². The van der Waals surface area contributed by atoms with Gasteiger partial charge in [-0.25, -0.2) is 9.37 Å². The Bertz CT molecular complexity index is 1400. The molecular weight excluding hydrogens is 502 g/mol. The van der Waals surface area contributed by atoms with Gasteiger partial charge in [-0.1, -0.05) is 0 Å². The van der Waals surface area contributed by atoms with Crippen LogP contribution in [-0.4, -0.2) is 65.3 Å². The van der Waals surface area contributed by atoms with Gasteiger partial charge in [-0.3, -0.25) is 4.79 Å². The van der Waals surface area contributed by atoms with E-state index in [4.69, 9.17) is 5.73 Å². The Hall–Kier alpha value is -3.34. The molecule has 3 aromatic rings. The molecule has 11 heteroatoms. The number of nitrogens with two attached hydrogens (primary N) is 1. The first-order chi connectivity index (χ1) is 18.0. The van der Waals surface area contributed by atoms with Gasteiger partial charge in [0.15, 0.2) is 0 Å². The minimum atomic E-state index is -4.85. The summed E-state index contributed by atoms with van der Waals surface area (Å²) in [5, 5.41) is 0.905. The average molecular weight is 532 g/mol. The zero-order valence-electron chi connectivity index (χ0n) is 21.0. The maximum atomic E-state index is 15.4. The summed E-state index contributed by atoms with van der Waals surface area (Å²) in [6, 6.07) is 3.32. The predicted octanol–water partition coefficient (Wildman–Crippen LogP) is 4.62. The molecule has 3 N–H and O–H groups in total. The van der Waals surface area contributed by atoms with E-state index < -0.39 is 12.1 Å². The first kappa shape index (κ1) is 25.0. The van der Waals surface area contributed by atoms with Crippen molar-refractivity contribution in [1.29, 1.82) is 0 Å². The number of nitrogens with one attached hydrogen (secondary N) is 1. The lowest BCUT2D eigenvalue weighted by Gasteiger charge is -2.51. The number of alkyl halides is 3. The van der Waals surface area contributed by atoms with Crippen molar-refractivity contribution in [2.75, 3.05) is 39.0 Å². The fourth-order valence-electron chi connectivity index (χ4n) is 6.78. The van der Waals surface area contributed by atoms with Crippen LogP contribution in [0.25, 0.3) is 11.0 Å². The summed E-state index contributed by atoms with van der Waals surface area (Å²) in [6.45, 7) is 2.86. The summed E-state index contributed by atoms with van der Waals surface area (Å²) < 4.78 is 56.7. The van der Waals surface area contributed by atoms with Gasteiger partial charge in [-0.15, -0.1) is 13.2 Å². The van der Waals surface area contributed by atoms with E-state index in [1.54, 1.807) is 4.90 Å². The van der Waals surface area contributed by atoms with Gasteiger partial charge in [-0.05, 0) is 62.8 Å². The number of benzene rings is 1. The monoisotopic (exact) mass is 531 g/mol. The minimum absolute atomic E-state index is 0.0775. The van der Waals surface area contributed by atoms with E-state index in [1.165, 1.54) is 17.8 Å². The summed E-state index contributed by atoms with van der Waals surface area (Å²) in [4.78, 5) is 24.9. The molecule has 0 saturated carbocycles. The van der Waals surface area contributed by atoms with Crippen LogP contribution >= 0.6 is 0 Å². The highest BCUT2D eigenvalue weighted by molar-refractivity contribution is 5.99. The number of aromatic amines is 1. The van der Waals surface area contributed by atoms with Gasteiger partial charge in [-0.2, -0.15) is 0 Å². The van der Waals surface area contributed by atoms with E-state index in [0.717, 1.165) is 61.2 Å². The minimum Gasteiger partial charge on any atom is -0.406 e. The number of nitrogen functional groups attached to an aromatic ring is 1. The third-order valence-electron chi connectivity index (χ3n) is 8.35. The largest absolute Gasteiger partial charge is 0.573 e. The van der Waals surface area contributed by atoms with Crippen LogP contribution < -0.4 is 10.5 Å². The lowest BCUT2D eigenvalue weighted by atomic mass is 9.67. The Morgan fingerprint density at radius 2 is 1.97 bits per heavy atom. The maximum absolute atomic E-state index is 15.4. The Morgan fingerprint density at radius 3 is 2.63 bits per heavy atom. The fourth-order valence-corrected chi connectivity index (χ4v) is 6.78. The normalized spacial score (nSPS) is 20.0.